The van der Waals surface area contributed by atoms with E-state index in [2.05, 4.69) is 23.4 Å². The van der Waals surface area contributed by atoms with Crippen LogP contribution in [-0.4, -0.2) is 13.1 Å². The number of esters is 1. The van der Waals surface area contributed by atoms with Gasteiger partial charge < -0.3 is 4.74 Å². The number of rotatable bonds is 7. The number of hydrogen-bond donors (Lipinski definition) is 0. The maximum atomic E-state index is 10.9. The number of methoxy groups -OCH3 is 1. The first-order valence-electron chi connectivity index (χ1n) is 5.70. The number of thioether (sulfide) groups is 1. The van der Waals surface area contributed by atoms with Gasteiger partial charge in [-0.25, -0.2) is 0 Å². The highest BCUT2D eigenvalue weighted by Crippen LogP contribution is 2.28. The Labute approximate surface area is 107 Å². The van der Waals surface area contributed by atoms with Crippen LogP contribution in [-0.2, 0) is 9.53 Å². The van der Waals surface area contributed by atoms with E-state index in [9.17, 15) is 4.79 Å². The SMILES string of the molecule is C=C(CCCCC(=O)OC)Sc1ccccc1. The zero-order valence-electron chi connectivity index (χ0n) is 10.1. The quantitative estimate of drug-likeness (QED) is 0.415. The molecule has 0 radical (unpaired) electrons. The molecular formula is C14H18O2S. The van der Waals surface area contributed by atoms with Gasteiger partial charge in [-0.05, 0) is 36.3 Å². The van der Waals surface area contributed by atoms with Crippen LogP contribution < -0.4 is 0 Å². The monoisotopic (exact) mass is 250 g/mol. The summed E-state index contributed by atoms with van der Waals surface area (Å²) in [5.74, 6) is -0.133. The largest absolute Gasteiger partial charge is 0.469 e. The Balaban J connectivity index is 2.16. The van der Waals surface area contributed by atoms with E-state index in [4.69, 9.17) is 0 Å². The van der Waals surface area contributed by atoms with Crippen molar-refractivity contribution in [2.24, 2.45) is 0 Å². The van der Waals surface area contributed by atoms with Gasteiger partial charge in [0.1, 0.15) is 0 Å². The molecular weight excluding hydrogens is 232 g/mol. The number of allylic oxidation sites excluding steroid dienone is 1. The second-order valence-electron chi connectivity index (χ2n) is 3.74. The number of unbranched alkanes of at least 4 members (excludes halogenated alkanes) is 1. The molecule has 0 saturated carbocycles. The molecule has 2 nitrogen and oxygen atoms in total. The van der Waals surface area contributed by atoms with E-state index in [0.717, 1.165) is 24.2 Å². The van der Waals surface area contributed by atoms with E-state index >= 15 is 0 Å². The summed E-state index contributed by atoms with van der Waals surface area (Å²) < 4.78 is 4.59. The van der Waals surface area contributed by atoms with Gasteiger partial charge in [0.2, 0.25) is 0 Å². The molecule has 0 amide bonds. The van der Waals surface area contributed by atoms with Gasteiger partial charge in [0.05, 0.1) is 7.11 Å². The van der Waals surface area contributed by atoms with Gasteiger partial charge in [-0.3, -0.25) is 4.79 Å². The fourth-order valence-electron chi connectivity index (χ4n) is 1.40. The summed E-state index contributed by atoms with van der Waals surface area (Å²) in [5.41, 5.74) is 0. The number of hydrogen-bond acceptors (Lipinski definition) is 3. The van der Waals surface area contributed by atoms with Crippen LogP contribution in [0.25, 0.3) is 0 Å². The average Bonchev–Trinajstić information content (AvgIpc) is 2.35. The van der Waals surface area contributed by atoms with Gasteiger partial charge in [-0.1, -0.05) is 36.5 Å². The van der Waals surface area contributed by atoms with Crippen LogP contribution in [0.2, 0.25) is 0 Å². The fourth-order valence-corrected chi connectivity index (χ4v) is 2.27. The summed E-state index contributed by atoms with van der Waals surface area (Å²) in [5, 5.41) is 0. The minimum absolute atomic E-state index is 0.133. The number of carbonyl (C=O) groups is 1. The van der Waals surface area contributed by atoms with Gasteiger partial charge in [0.15, 0.2) is 0 Å². The maximum absolute atomic E-state index is 10.9. The fraction of sp³-hybridized carbons (Fsp3) is 0.357. The van der Waals surface area contributed by atoms with E-state index in [-0.39, 0.29) is 5.97 Å². The van der Waals surface area contributed by atoms with Crippen LogP contribution in [0.1, 0.15) is 25.7 Å². The number of carbonyl (C=O) groups excluding carboxylic acids is 1. The summed E-state index contributed by atoms with van der Waals surface area (Å²) >= 11 is 1.70. The van der Waals surface area contributed by atoms with Crippen molar-refractivity contribution in [3.8, 4) is 0 Å². The highest BCUT2D eigenvalue weighted by atomic mass is 32.2. The molecule has 17 heavy (non-hydrogen) atoms. The lowest BCUT2D eigenvalue weighted by Crippen LogP contribution is -1.99. The van der Waals surface area contributed by atoms with E-state index in [1.54, 1.807) is 11.8 Å². The lowest BCUT2D eigenvalue weighted by molar-refractivity contribution is -0.140. The summed E-state index contributed by atoms with van der Waals surface area (Å²) in [6.07, 6.45) is 3.28. The van der Waals surface area contributed by atoms with Crippen LogP contribution in [0.3, 0.4) is 0 Å². The van der Waals surface area contributed by atoms with Crippen LogP contribution in [0.4, 0.5) is 0 Å². The average molecular weight is 250 g/mol. The summed E-state index contributed by atoms with van der Waals surface area (Å²) in [6.45, 7) is 4.03. The summed E-state index contributed by atoms with van der Waals surface area (Å²) in [7, 11) is 1.42. The second-order valence-corrected chi connectivity index (χ2v) is 4.99. The number of benzene rings is 1. The van der Waals surface area contributed by atoms with Crippen molar-refractivity contribution in [3.05, 3.63) is 41.8 Å². The Hall–Kier alpha value is -1.22. The topological polar surface area (TPSA) is 26.3 Å². The summed E-state index contributed by atoms with van der Waals surface area (Å²) in [4.78, 5) is 13.3. The lowest BCUT2D eigenvalue weighted by atomic mass is 10.2. The van der Waals surface area contributed by atoms with Crippen molar-refractivity contribution in [2.75, 3.05) is 7.11 Å². The van der Waals surface area contributed by atoms with Crippen molar-refractivity contribution in [1.82, 2.24) is 0 Å². The van der Waals surface area contributed by atoms with Gasteiger partial charge >= 0.3 is 5.97 Å². The van der Waals surface area contributed by atoms with Crippen molar-refractivity contribution in [1.29, 1.82) is 0 Å². The normalized spacial score (nSPS) is 9.94. The smallest absolute Gasteiger partial charge is 0.305 e. The molecule has 0 fully saturated rings. The molecule has 3 heteroatoms. The van der Waals surface area contributed by atoms with Crippen molar-refractivity contribution in [2.45, 2.75) is 30.6 Å². The Morgan fingerprint density at radius 2 is 1.88 bits per heavy atom. The predicted octanol–water partition coefficient (Wildman–Crippen LogP) is 4.03. The zero-order valence-corrected chi connectivity index (χ0v) is 11.0. The Kier molecular flexibility index (Phi) is 6.48. The minimum Gasteiger partial charge on any atom is -0.469 e. The van der Waals surface area contributed by atoms with Crippen LogP contribution >= 0.6 is 11.8 Å². The first-order valence-corrected chi connectivity index (χ1v) is 6.51. The molecule has 0 aliphatic carbocycles. The first kappa shape index (κ1) is 13.8. The van der Waals surface area contributed by atoms with E-state index in [0.29, 0.717) is 6.42 Å². The van der Waals surface area contributed by atoms with Crippen molar-refractivity contribution < 1.29 is 9.53 Å². The van der Waals surface area contributed by atoms with Crippen LogP contribution in [0.5, 0.6) is 0 Å². The molecule has 0 unspecified atom stereocenters. The predicted molar refractivity (Wildman–Crippen MR) is 71.9 cm³/mol. The highest BCUT2D eigenvalue weighted by Gasteiger charge is 2.01. The van der Waals surface area contributed by atoms with E-state index in [1.165, 1.54) is 12.0 Å². The van der Waals surface area contributed by atoms with E-state index < -0.39 is 0 Å². The highest BCUT2D eigenvalue weighted by molar-refractivity contribution is 8.03. The first-order chi connectivity index (χ1) is 8.22. The third-order valence-corrected chi connectivity index (χ3v) is 3.32. The van der Waals surface area contributed by atoms with Crippen molar-refractivity contribution >= 4 is 17.7 Å². The standard InChI is InChI=1S/C14H18O2S/c1-12(8-6-7-11-14(15)16-2)17-13-9-4-3-5-10-13/h3-5,9-10H,1,6-8,11H2,2H3. The Bertz CT molecular complexity index is 360. The van der Waals surface area contributed by atoms with Gasteiger partial charge in [-0.15, -0.1) is 0 Å². The second kappa shape index (κ2) is 7.96. The molecule has 1 aromatic carbocycles. The van der Waals surface area contributed by atoms with Gasteiger partial charge in [-0.2, -0.15) is 0 Å². The lowest BCUT2D eigenvalue weighted by Gasteiger charge is -2.05. The molecule has 0 spiro atoms. The molecule has 0 saturated heterocycles. The van der Waals surface area contributed by atoms with Gasteiger partial charge in [0, 0.05) is 11.3 Å². The molecule has 0 aromatic heterocycles. The van der Waals surface area contributed by atoms with Crippen molar-refractivity contribution in [3.63, 3.8) is 0 Å². The van der Waals surface area contributed by atoms with Crippen LogP contribution in [0.15, 0.2) is 46.7 Å². The van der Waals surface area contributed by atoms with E-state index in [1.807, 2.05) is 18.2 Å². The molecule has 0 heterocycles. The minimum atomic E-state index is -0.133. The Morgan fingerprint density at radius 3 is 2.53 bits per heavy atom. The molecule has 0 N–H and O–H groups in total. The molecule has 0 aliphatic rings. The molecule has 0 aliphatic heterocycles. The number of ether oxygens (including phenoxy) is 1. The zero-order chi connectivity index (χ0) is 12.5. The maximum Gasteiger partial charge on any atom is 0.305 e. The van der Waals surface area contributed by atoms with Crippen LogP contribution in [0, 0.1) is 0 Å². The molecule has 0 atom stereocenters. The molecule has 92 valence electrons. The third kappa shape index (κ3) is 6.17. The molecule has 1 rings (SSSR count). The Morgan fingerprint density at radius 1 is 1.24 bits per heavy atom. The molecule has 1 aromatic rings. The third-order valence-electron chi connectivity index (χ3n) is 2.32. The molecule has 0 bridgehead atoms. The van der Waals surface area contributed by atoms with Gasteiger partial charge in [0.25, 0.3) is 0 Å². The summed E-state index contributed by atoms with van der Waals surface area (Å²) in [6, 6.07) is 10.2.